The predicted molar refractivity (Wildman–Crippen MR) is 63.4 cm³/mol. The number of allylic oxidation sites excluding steroid dienone is 1. The van der Waals surface area contributed by atoms with Crippen molar-refractivity contribution in [2.45, 2.75) is 6.92 Å². The average molecular weight is 212 g/mol. The molecule has 0 N–H and O–H groups in total. The van der Waals surface area contributed by atoms with Crippen molar-refractivity contribution in [3.63, 3.8) is 0 Å². The van der Waals surface area contributed by atoms with Crippen molar-refractivity contribution >= 4 is 12.4 Å². The molecule has 1 aromatic carbocycles. The van der Waals surface area contributed by atoms with Gasteiger partial charge in [-0.1, -0.05) is 18.2 Å². The summed E-state index contributed by atoms with van der Waals surface area (Å²) < 4.78 is 1.81. The van der Waals surface area contributed by atoms with E-state index in [0.29, 0.717) is 0 Å². The van der Waals surface area contributed by atoms with Gasteiger partial charge in [0.25, 0.3) is 0 Å². The first-order valence-electron chi connectivity index (χ1n) is 5.04. The number of carbonyl (C=O) groups is 1. The quantitative estimate of drug-likeness (QED) is 0.578. The van der Waals surface area contributed by atoms with Crippen LogP contribution in [-0.4, -0.2) is 16.1 Å². The van der Waals surface area contributed by atoms with Crippen LogP contribution in [0.15, 0.2) is 42.7 Å². The summed E-state index contributed by atoms with van der Waals surface area (Å²) in [5.74, 6) is 0. The van der Waals surface area contributed by atoms with Gasteiger partial charge < -0.3 is 0 Å². The molecule has 0 atom stereocenters. The van der Waals surface area contributed by atoms with E-state index in [1.165, 1.54) is 6.08 Å². The molecule has 0 aliphatic heterocycles. The van der Waals surface area contributed by atoms with Gasteiger partial charge in [-0.3, -0.25) is 4.79 Å². The van der Waals surface area contributed by atoms with E-state index in [9.17, 15) is 4.79 Å². The maximum atomic E-state index is 10.2. The van der Waals surface area contributed by atoms with Crippen LogP contribution in [0.1, 0.15) is 11.1 Å². The molecule has 0 aliphatic carbocycles. The summed E-state index contributed by atoms with van der Waals surface area (Å²) in [5, 5.41) is 4.25. The Morgan fingerprint density at radius 3 is 2.88 bits per heavy atom. The van der Waals surface area contributed by atoms with E-state index < -0.39 is 0 Å². The minimum atomic E-state index is 0.755. The lowest BCUT2D eigenvalue weighted by Crippen LogP contribution is -1.96. The van der Waals surface area contributed by atoms with E-state index in [1.807, 2.05) is 37.4 Å². The third-order valence-corrected chi connectivity index (χ3v) is 2.33. The zero-order valence-corrected chi connectivity index (χ0v) is 9.00. The number of benzene rings is 1. The fourth-order valence-corrected chi connectivity index (χ4v) is 1.53. The largest absolute Gasteiger partial charge is 0.299 e. The molecule has 2 aromatic rings. The normalized spacial score (nSPS) is 10.8. The van der Waals surface area contributed by atoms with Gasteiger partial charge in [0.15, 0.2) is 0 Å². The number of rotatable bonds is 3. The van der Waals surface area contributed by atoms with Gasteiger partial charge in [-0.2, -0.15) is 5.10 Å². The summed E-state index contributed by atoms with van der Waals surface area (Å²) in [6, 6.07) is 8.02. The van der Waals surface area contributed by atoms with Gasteiger partial charge >= 0.3 is 0 Å². The molecule has 0 saturated heterocycles. The lowest BCUT2D eigenvalue weighted by atomic mass is 10.2. The molecule has 0 aliphatic rings. The summed E-state index contributed by atoms with van der Waals surface area (Å²) in [5.41, 5.74) is 3.13. The van der Waals surface area contributed by atoms with Crippen molar-refractivity contribution in [2.75, 3.05) is 0 Å². The second kappa shape index (κ2) is 4.57. The molecule has 1 aromatic heterocycles. The van der Waals surface area contributed by atoms with E-state index in [0.717, 1.165) is 23.1 Å². The molecule has 2 rings (SSSR count). The standard InChI is InChI=1S/C13H12N2O/c1-11-5-2-3-7-13(11)15-10-12(9-14-15)6-4-8-16/h2-10H,1H3. The summed E-state index contributed by atoms with van der Waals surface area (Å²) in [4.78, 5) is 10.2. The maximum Gasteiger partial charge on any atom is 0.142 e. The first-order valence-corrected chi connectivity index (χ1v) is 5.04. The summed E-state index contributed by atoms with van der Waals surface area (Å²) in [7, 11) is 0. The van der Waals surface area contributed by atoms with Crippen LogP contribution in [0.2, 0.25) is 0 Å². The molecule has 16 heavy (non-hydrogen) atoms. The van der Waals surface area contributed by atoms with Crippen LogP contribution in [-0.2, 0) is 4.79 Å². The summed E-state index contributed by atoms with van der Waals surface area (Å²) in [6.45, 7) is 2.04. The Morgan fingerprint density at radius 1 is 1.31 bits per heavy atom. The van der Waals surface area contributed by atoms with Gasteiger partial charge in [0, 0.05) is 11.8 Å². The number of hydrogen-bond acceptors (Lipinski definition) is 2. The maximum absolute atomic E-state index is 10.2. The SMILES string of the molecule is Cc1ccccc1-n1cc(C=CC=O)cn1. The number of nitrogens with zero attached hydrogens (tertiary/aromatic N) is 2. The second-order valence-corrected chi connectivity index (χ2v) is 3.50. The molecule has 3 heteroatoms. The van der Waals surface area contributed by atoms with Gasteiger partial charge in [-0.25, -0.2) is 4.68 Å². The number of para-hydroxylation sites is 1. The van der Waals surface area contributed by atoms with Crippen LogP contribution in [0.5, 0.6) is 0 Å². The van der Waals surface area contributed by atoms with Gasteiger partial charge in [-0.15, -0.1) is 0 Å². The van der Waals surface area contributed by atoms with E-state index >= 15 is 0 Å². The molecule has 0 amide bonds. The Hall–Kier alpha value is -2.16. The number of aromatic nitrogens is 2. The molecule has 1 heterocycles. The van der Waals surface area contributed by atoms with Crippen LogP contribution >= 0.6 is 0 Å². The Labute approximate surface area is 94.0 Å². The Balaban J connectivity index is 2.35. The third-order valence-electron chi connectivity index (χ3n) is 2.33. The Kier molecular flexibility index (Phi) is 2.96. The predicted octanol–water partition coefficient (Wildman–Crippen LogP) is 2.39. The average Bonchev–Trinajstić information content (AvgIpc) is 2.75. The van der Waals surface area contributed by atoms with E-state index in [1.54, 1.807) is 17.0 Å². The zero-order valence-electron chi connectivity index (χ0n) is 9.00. The molecule has 0 spiro atoms. The monoisotopic (exact) mass is 212 g/mol. The second-order valence-electron chi connectivity index (χ2n) is 3.50. The van der Waals surface area contributed by atoms with Crippen LogP contribution in [0.25, 0.3) is 11.8 Å². The minimum absolute atomic E-state index is 0.755. The van der Waals surface area contributed by atoms with Gasteiger partial charge in [0.2, 0.25) is 0 Å². The minimum Gasteiger partial charge on any atom is -0.299 e. The first-order chi connectivity index (χ1) is 7.81. The van der Waals surface area contributed by atoms with Gasteiger partial charge in [0.05, 0.1) is 11.9 Å². The Morgan fingerprint density at radius 2 is 2.12 bits per heavy atom. The topological polar surface area (TPSA) is 34.9 Å². The van der Waals surface area contributed by atoms with Gasteiger partial charge in [0.1, 0.15) is 6.29 Å². The molecule has 3 nitrogen and oxygen atoms in total. The fourth-order valence-electron chi connectivity index (χ4n) is 1.53. The highest BCUT2D eigenvalue weighted by Gasteiger charge is 2.00. The van der Waals surface area contributed by atoms with Crippen LogP contribution in [0.4, 0.5) is 0 Å². The zero-order chi connectivity index (χ0) is 11.4. The van der Waals surface area contributed by atoms with Crippen molar-refractivity contribution < 1.29 is 4.79 Å². The molecular weight excluding hydrogens is 200 g/mol. The molecular formula is C13H12N2O. The van der Waals surface area contributed by atoms with Crippen molar-refractivity contribution in [1.29, 1.82) is 0 Å². The molecule has 0 radical (unpaired) electrons. The highest BCUT2D eigenvalue weighted by Crippen LogP contribution is 2.13. The van der Waals surface area contributed by atoms with E-state index in [-0.39, 0.29) is 0 Å². The lowest BCUT2D eigenvalue weighted by Gasteiger charge is -2.03. The number of carbonyl (C=O) groups excluding carboxylic acids is 1. The van der Waals surface area contributed by atoms with Crippen LogP contribution in [0.3, 0.4) is 0 Å². The molecule has 0 fully saturated rings. The van der Waals surface area contributed by atoms with Gasteiger partial charge in [-0.05, 0) is 30.7 Å². The molecule has 80 valence electrons. The Bertz CT molecular complexity index is 526. The number of aldehydes is 1. The fraction of sp³-hybridized carbons (Fsp3) is 0.0769. The van der Waals surface area contributed by atoms with Crippen LogP contribution < -0.4 is 0 Å². The van der Waals surface area contributed by atoms with Crippen molar-refractivity contribution in [2.24, 2.45) is 0 Å². The van der Waals surface area contributed by atoms with Crippen molar-refractivity contribution in [3.8, 4) is 5.69 Å². The third kappa shape index (κ3) is 2.08. The first kappa shape index (κ1) is 10.4. The van der Waals surface area contributed by atoms with E-state index in [2.05, 4.69) is 5.10 Å². The molecule has 0 unspecified atom stereocenters. The summed E-state index contributed by atoms with van der Waals surface area (Å²) >= 11 is 0. The molecule has 0 saturated carbocycles. The smallest absolute Gasteiger partial charge is 0.142 e. The lowest BCUT2D eigenvalue weighted by molar-refractivity contribution is -0.104. The van der Waals surface area contributed by atoms with Crippen molar-refractivity contribution in [3.05, 3.63) is 53.9 Å². The highest BCUT2D eigenvalue weighted by molar-refractivity contribution is 5.73. The van der Waals surface area contributed by atoms with Crippen LogP contribution in [0, 0.1) is 6.92 Å². The highest BCUT2D eigenvalue weighted by atomic mass is 16.1. The van der Waals surface area contributed by atoms with Crippen molar-refractivity contribution in [1.82, 2.24) is 9.78 Å². The number of aryl methyl sites for hydroxylation is 1. The van der Waals surface area contributed by atoms with E-state index in [4.69, 9.17) is 0 Å². The number of hydrogen-bond donors (Lipinski definition) is 0. The summed E-state index contributed by atoms with van der Waals surface area (Å²) in [6.07, 6.45) is 7.56. The molecule has 0 bridgehead atoms.